The van der Waals surface area contributed by atoms with Crippen LogP contribution in [0.1, 0.15) is 6.42 Å². The van der Waals surface area contributed by atoms with E-state index in [0.717, 1.165) is 10.1 Å². The molecule has 23 heavy (non-hydrogen) atoms. The molecule has 1 heterocycles. The molecule has 3 nitrogen and oxygen atoms in total. The van der Waals surface area contributed by atoms with Crippen molar-refractivity contribution in [1.29, 1.82) is 0 Å². The van der Waals surface area contributed by atoms with Gasteiger partial charge in [-0.15, -0.1) is 11.3 Å². The molecule has 120 valence electrons. The van der Waals surface area contributed by atoms with Crippen LogP contribution < -0.4 is 4.31 Å². The Balaban J connectivity index is 2.07. The van der Waals surface area contributed by atoms with Gasteiger partial charge in [0, 0.05) is 11.2 Å². The second-order valence-corrected chi connectivity index (χ2v) is 7.98. The van der Waals surface area contributed by atoms with E-state index in [-0.39, 0.29) is 17.9 Å². The Morgan fingerprint density at radius 2 is 1.70 bits per heavy atom. The maximum absolute atomic E-state index is 12.9. The number of thiophene rings is 1. The summed E-state index contributed by atoms with van der Waals surface area (Å²) in [6, 6.07) is 17.8. The normalized spacial score (nSPS) is 11.7. The standard InChI is InChI=1S/C17H16FNO2S2/c18-11-6-12-19(23(20,21)15-8-2-1-3-9-15)17-13-14-7-4-5-10-16(14)22-17/h1-5,7-10,13H,6,11-12H2. The Bertz CT molecular complexity index is 858. The summed E-state index contributed by atoms with van der Waals surface area (Å²) in [5.74, 6) is 0. The highest BCUT2D eigenvalue weighted by Crippen LogP contribution is 2.35. The fraction of sp³-hybridized carbons (Fsp3) is 0.176. The molecule has 0 aliphatic carbocycles. The zero-order valence-corrected chi connectivity index (χ0v) is 14.0. The smallest absolute Gasteiger partial charge is 0.257 e. The van der Waals surface area contributed by atoms with Crippen molar-refractivity contribution in [3.05, 3.63) is 60.7 Å². The highest BCUT2D eigenvalue weighted by Gasteiger charge is 2.25. The molecule has 1 aromatic heterocycles. The number of benzene rings is 2. The topological polar surface area (TPSA) is 37.4 Å². The van der Waals surface area contributed by atoms with Gasteiger partial charge in [0.2, 0.25) is 0 Å². The summed E-state index contributed by atoms with van der Waals surface area (Å²) >= 11 is 1.40. The molecule has 6 heteroatoms. The number of hydrogen-bond donors (Lipinski definition) is 0. The number of alkyl halides is 1. The molecule has 0 aliphatic heterocycles. The molecule has 0 aliphatic rings. The average molecular weight is 349 g/mol. The molecule has 0 spiro atoms. The molecule has 3 aromatic rings. The van der Waals surface area contributed by atoms with Crippen LogP contribution in [-0.2, 0) is 10.0 Å². The van der Waals surface area contributed by atoms with E-state index >= 15 is 0 Å². The van der Waals surface area contributed by atoms with Crippen molar-refractivity contribution in [3.63, 3.8) is 0 Å². The first-order valence-corrected chi connectivity index (χ1v) is 9.51. The number of nitrogens with zero attached hydrogens (tertiary/aromatic N) is 1. The van der Waals surface area contributed by atoms with Crippen LogP contribution in [0.3, 0.4) is 0 Å². The lowest BCUT2D eigenvalue weighted by Crippen LogP contribution is -2.31. The van der Waals surface area contributed by atoms with Gasteiger partial charge in [0.1, 0.15) is 5.00 Å². The lowest BCUT2D eigenvalue weighted by Gasteiger charge is -2.22. The maximum atomic E-state index is 12.9. The summed E-state index contributed by atoms with van der Waals surface area (Å²) < 4.78 is 40.8. The summed E-state index contributed by atoms with van der Waals surface area (Å²) in [7, 11) is -3.70. The number of rotatable bonds is 6. The van der Waals surface area contributed by atoms with Gasteiger partial charge in [-0.05, 0) is 36.1 Å². The van der Waals surface area contributed by atoms with Crippen LogP contribution in [0, 0.1) is 0 Å². The van der Waals surface area contributed by atoms with Crippen molar-refractivity contribution in [2.24, 2.45) is 0 Å². The number of hydrogen-bond acceptors (Lipinski definition) is 3. The number of anilines is 1. The minimum atomic E-state index is -3.70. The van der Waals surface area contributed by atoms with E-state index < -0.39 is 16.7 Å². The molecule has 3 rings (SSSR count). The highest BCUT2D eigenvalue weighted by molar-refractivity contribution is 7.93. The van der Waals surface area contributed by atoms with Crippen LogP contribution in [0.4, 0.5) is 9.39 Å². The molecule has 0 saturated heterocycles. The van der Waals surface area contributed by atoms with Gasteiger partial charge < -0.3 is 0 Å². The third-order valence-electron chi connectivity index (χ3n) is 3.48. The first-order valence-electron chi connectivity index (χ1n) is 7.25. The molecule has 0 amide bonds. The van der Waals surface area contributed by atoms with Gasteiger partial charge in [0.25, 0.3) is 10.0 Å². The van der Waals surface area contributed by atoms with E-state index in [1.165, 1.54) is 15.6 Å². The third-order valence-corrected chi connectivity index (χ3v) is 6.57. The van der Waals surface area contributed by atoms with Crippen LogP contribution in [0.15, 0.2) is 65.6 Å². The van der Waals surface area contributed by atoms with E-state index in [2.05, 4.69) is 0 Å². The predicted octanol–water partition coefficient (Wildman–Crippen LogP) is 4.46. The van der Waals surface area contributed by atoms with Gasteiger partial charge in [-0.1, -0.05) is 36.4 Å². The van der Waals surface area contributed by atoms with Crippen molar-refractivity contribution in [2.75, 3.05) is 17.5 Å². The fourth-order valence-electron chi connectivity index (χ4n) is 2.36. The van der Waals surface area contributed by atoms with Crippen LogP contribution in [0.2, 0.25) is 0 Å². The summed E-state index contributed by atoms with van der Waals surface area (Å²) in [6.07, 6.45) is 0.167. The molecule has 2 aromatic carbocycles. The number of fused-ring (bicyclic) bond motifs is 1. The van der Waals surface area contributed by atoms with E-state index in [0.29, 0.717) is 5.00 Å². The molecule has 0 unspecified atom stereocenters. The monoisotopic (exact) mass is 349 g/mol. The van der Waals surface area contributed by atoms with Crippen molar-refractivity contribution in [2.45, 2.75) is 11.3 Å². The Morgan fingerprint density at radius 1 is 1.00 bits per heavy atom. The van der Waals surface area contributed by atoms with E-state index in [9.17, 15) is 12.8 Å². The highest BCUT2D eigenvalue weighted by atomic mass is 32.2. The average Bonchev–Trinajstić information content (AvgIpc) is 2.99. The SMILES string of the molecule is O=S(=O)(c1ccccc1)N(CCCF)c1cc2ccccc2s1. The summed E-state index contributed by atoms with van der Waals surface area (Å²) in [4.78, 5) is 0.219. The fourth-order valence-corrected chi connectivity index (χ4v) is 5.18. The second-order valence-electron chi connectivity index (χ2n) is 5.06. The van der Waals surface area contributed by atoms with Crippen molar-refractivity contribution in [3.8, 4) is 0 Å². The lowest BCUT2D eigenvalue weighted by atomic mass is 10.3. The quantitative estimate of drug-likeness (QED) is 0.659. The largest absolute Gasteiger partial charge is 0.264 e. The Labute approximate surface area is 139 Å². The Morgan fingerprint density at radius 3 is 2.39 bits per heavy atom. The van der Waals surface area contributed by atoms with Crippen LogP contribution >= 0.6 is 11.3 Å². The molecular formula is C17H16FNO2S2. The first-order chi connectivity index (χ1) is 11.1. The second kappa shape index (κ2) is 6.68. The zero-order valence-electron chi connectivity index (χ0n) is 12.4. The molecule has 0 N–H and O–H groups in total. The molecule has 0 saturated carbocycles. The predicted molar refractivity (Wildman–Crippen MR) is 93.4 cm³/mol. The Hall–Kier alpha value is -1.92. The molecule has 0 radical (unpaired) electrons. The Kier molecular flexibility index (Phi) is 4.63. The van der Waals surface area contributed by atoms with Crippen LogP contribution in [-0.4, -0.2) is 21.6 Å². The maximum Gasteiger partial charge on any atom is 0.264 e. The summed E-state index contributed by atoms with van der Waals surface area (Å²) in [5.41, 5.74) is 0. The van der Waals surface area contributed by atoms with Gasteiger partial charge in [-0.25, -0.2) is 8.42 Å². The van der Waals surface area contributed by atoms with Gasteiger partial charge in [0.15, 0.2) is 0 Å². The van der Waals surface area contributed by atoms with Gasteiger partial charge in [-0.2, -0.15) is 0 Å². The first kappa shape index (κ1) is 16.0. The van der Waals surface area contributed by atoms with Crippen LogP contribution in [0.25, 0.3) is 10.1 Å². The van der Waals surface area contributed by atoms with E-state index in [4.69, 9.17) is 0 Å². The van der Waals surface area contributed by atoms with E-state index in [1.807, 2.05) is 30.3 Å². The third kappa shape index (κ3) is 3.23. The van der Waals surface area contributed by atoms with Crippen molar-refractivity contribution >= 4 is 36.4 Å². The van der Waals surface area contributed by atoms with Gasteiger partial charge in [0.05, 0.1) is 11.6 Å². The minimum Gasteiger partial charge on any atom is -0.257 e. The summed E-state index contributed by atoms with van der Waals surface area (Å²) in [6.45, 7) is -0.424. The molecule has 0 atom stereocenters. The van der Waals surface area contributed by atoms with E-state index in [1.54, 1.807) is 30.3 Å². The minimum absolute atomic E-state index is 0.126. The van der Waals surface area contributed by atoms with Crippen LogP contribution in [0.5, 0.6) is 0 Å². The van der Waals surface area contributed by atoms with Crippen molar-refractivity contribution < 1.29 is 12.8 Å². The number of halogens is 1. The molecule has 0 fully saturated rings. The zero-order chi connectivity index (χ0) is 16.3. The van der Waals surface area contributed by atoms with Gasteiger partial charge >= 0.3 is 0 Å². The van der Waals surface area contributed by atoms with Crippen molar-refractivity contribution in [1.82, 2.24) is 0 Å². The lowest BCUT2D eigenvalue weighted by molar-refractivity contribution is 0.476. The summed E-state index contributed by atoms with van der Waals surface area (Å²) in [5, 5.41) is 1.60. The molecular weight excluding hydrogens is 333 g/mol. The van der Waals surface area contributed by atoms with Gasteiger partial charge in [-0.3, -0.25) is 8.70 Å². The number of sulfonamides is 1. The molecule has 0 bridgehead atoms.